The molecule has 0 aromatic heterocycles. The van der Waals surface area contributed by atoms with Gasteiger partial charge in [0.2, 0.25) is 0 Å². The molecule has 1 heterocycles. The van der Waals surface area contributed by atoms with Gasteiger partial charge in [0.25, 0.3) is 11.8 Å². The number of nitrogens with zero attached hydrogens (tertiary/aromatic N) is 1. The summed E-state index contributed by atoms with van der Waals surface area (Å²) in [6, 6.07) is 30.1. The van der Waals surface area contributed by atoms with Crippen molar-refractivity contribution in [1.82, 2.24) is 5.32 Å². The zero-order valence-electron chi connectivity index (χ0n) is 22.8. The van der Waals surface area contributed by atoms with E-state index in [2.05, 4.69) is 59.7 Å². The van der Waals surface area contributed by atoms with Crippen molar-refractivity contribution >= 4 is 34.0 Å². The van der Waals surface area contributed by atoms with Crippen molar-refractivity contribution in [2.45, 2.75) is 33.1 Å². The molecule has 2 N–H and O–H groups in total. The number of carbonyl (C=O) groups is 2. The highest BCUT2D eigenvalue weighted by Gasteiger charge is 2.24. The number of hydrogen-bond donors (Lipinski definition) is 2. The molecule has 0 radical (unpaired) electrons. The molecule has 5 nitrogen and oxygen atoms in total. The molecule has 2 amide bonds. The lowest BCUT2D eigenvalue weighted by Gasteiger charge is -2.35. The number of amides is 2. The van der Waals surface area contributed by atoms with Gasteiger partial charge in [-0.15, -0.1) is 0 Å². The summed E-state index contributed by atoms with van der Waals surface area (Å²) in [6.45, 7) is 6.58. The molecule has 0 bridgehead atoms. The summed E-state index contributed by atoms with van der Waals surface area (Å²) in [4.78, 5) is 28.7. The number of hydrogen-bond acceptors (Lipinski definition) is 3. The molecule has 1 aliphatic heterocycles. The van der Waals surface area contributed by atoms with Gasteiger partial charge in [0.05, 0.1) is 5.56 Å². The van der Waals surface area contributed by atoms with Crippen LogP contribution in [0.5, 0.6) is 0 Å². The van der Waals surface area contributed by atoms with E-state index in [9.17, 15) is 9.59 Å². The van der Waals surface area contributed by atoms with Crippen LogP contribution >= 0.6 is 0 Å². The highest BCUT2D eigenvalue weighted by Crippen LogP contribution is 2.30. The maximum atomic E-state index is 13.3. The van der Waals surface area contributed by atoms with E-state index < -0.39 is 0 Å². The Kier molecular flexibility index (Phi) is 8.26. The minimum absolute atomic E-state index is 0.105. The Hall–Kier alpha value is -4.12. The molecule has 4 aromatic rings. The summed E-state index contributed by atoms with van der Waals surface area (Å²) in [5.74, 6) is 0.694. The van der Waals surface area contributed by atoms with Crippen molar-refractivity contribution in [3.8, 4) is 0 Å². The standard InChI is InChI=1S/C34H37N3O2/c1-24(2)23-35-34(39)31-22-30(36-33(38)29-13-12-27-10-6-7-11-28(27)21-29)14-15-32(31)37-18-16-26(17-19-37)20-25-8-4-3-5-9-25/h3-15,21-22,24,26H,16-20,23H2,1-2H3,(H,35,39)(H,36,38). The van der Waals surface area contributed by atoms with E-state index in [1.54, 1.807) is 0 Å². The largest absolute Gasteiger partial charge is 0.371 e. The molecular formula is C34H37N3O2. The third kappa shape index (κ3) is 6.66. The van der Waals surface area contributed by atoms with Gasteiger partial charge in [0.1, 0.15) is 0 Å². The minimum Gasteiger partial charge on any atom is -0.371 e. The van der Waals surface area contributed by atoms with Crippen LogP contribution in [0.15, 0.2) is 91.0 Å². The fraction of sp³-hybridized carbons (Fsp3) is 0.294. The van der Waals surface area contributed by atoms with Gasteiger partial charge in [0.15, 0.2) is 0 Å². The fourth-order valence-corrected chi connectivity index (χ4v) is 5.32. The van der Waals surface area contributed by atoms with Crippen molar-refractivity contribution < 1.29 is 9.59 Å². The SMILES string of the molecule is CC(C)CNC(=O)c1cc(NC(=O)c2ccc3ccccc3c2)ccc1N1CCC(Cc2ccccc2)CC1. The van der Waals surface area contributed by atoms with Crippen LogP contribution in [-0.4, -0.2) is 31.4 Å². The number of carbonyl (C=O) groups excluding carboxylic acids is 2. The maximum absolute atomic E-state index is 13.3. The second kappa shape index (κ2) is 12.2. The molecular weight excluding hydrogens is 482 g/mol. The minimum atomic E-state index is -0.191. The monoisotopic (exact) mass is 519 g/mol. The summed E-state index contributed by atoms with van der Waals surface area (Å²) in [5, 5.41) is 8.19. The number of anilines is 2. The first-order chi connectivity index (χ1) is 19.0. The summed E-state index contributed by atoms with van der Waals surface area (Å²) in [5.41, 5.74) is 4.12. The van der Waals surface area contributed by atoms with Gasteiger partial charge in [-0.2, -0.15) is 0 Å². The molecule has 0 saturated carbocycles. The van der Waals surface area contributed by atoms with Gasteiger partial charge < -0.3 is 15.5 Å². The Labute approximate surface area is 231 Å². The second-order valence-electron chi connectivity index (χ2n) is 11.0. The first-order valence-electron chi connectivity index (χ1n) is 14.0. The van der Waals surface area contributed by atoms with Gasteiger partial charge in [-0.1, -0.05) is 74.5 Å². The average Bonchev–Trinajstić information content (AvgIpc) is 2.96. The molecule has 1 fully saturated rings. The van der Waals surface area contributed by atoms with E-state index >= 15 is 0 Å². The maximum Gasteiger partial charge on any atom is 0.255 e. The van der Waals surface area contributed by atoms with Crippen molar-refractivity contribution in [3.63, 3.8) is 0 Å². The van der Waals surface area contributed by atoms with Crippen LogP contribution in [0.1, 0.15) is 53.0 Å². The van der Waals surface area contributed by atoms with Gasteiger partial charge in [0, 0.05) is 36.6 Å². The fourth-order valence-electron chi connectivity index (χ4n) is 5.32. The predicted octanol–water partition coefficient (Wildman–Crippen LogP) is 6.94. The van der Waals surface area contributed by atoms with Gasteiger partial charge >= 0.3 is 0 Å². The molecule has 5 rings (SSSR count). The molecule has 0 spiro atoms. The topological polar surface area (TPSA) is 61.4 Å². The normalized spacial score (nSPS) is 14.0. The van der Waals surface area contributed by atoms with E-state index in [4.69, 9.17) is 0 Å². The molecule has 1 aliphatic rings. The summed E-state index contributed by atoms with van der Waals surface area (Å²) < 4.78 is 0. The van der Waals surface area contributed by atoms with E-state index in [0.717, 1.165) is 48.8 Å². The highest BCUT2D eigenvalue weighted by atomic mass is 16.2. The molecule has 5 heteroatoms. The zero-order valence-corrected chi connectivity index (χ0v) is 22.8. The zero-order chi connectivity index (χ0) is 27.2. The van der Waals surface area contributed by atoms with Crippen LogP contribution in [0.2, 0.25) is 0 Å². The van der Waals surface area contributed by atoms with Crippen molar-refractivity contribution in [1.29, 1.82) is 0 Å². The molecule has 39 heavy (non-hydrogen) atoms. The molecule has 0 unspecified atom stereocenters. The summed E-state index contributed by atoms with van der Waals surface area (Å²) in [6.07, 6.45) is 3.26. The number of piperidine rings is 1. The van der Waals surface area contributed by atoms with E-state index in [1.165, 1.54) is 5.56 Å². The van der Waals surface area contributed by atoms with Crippen molar-refractivity contribution in [2.24, 2.45) is 11.8 Å². The number of benzene rings is 4. The Morgan fingerprint density at radius 3 is 2.28 bits per heavy atom. The Balaban J connectivity index is 1.33. The van der Waals surface area contributed by atoms with Crippen LogP contribution in [-0.2, 0) is 6.42 Å². The van der Waals surface area contributed by atoms with Crippen LogP contribution in [0, 0.1) is 11.8 Å². The van der Waals surface area contributed by atoms with Gasteiger partial charge in [-0.05, 0) is 77.8 Å². The average molecular weight is 520 g/mol. The van der Waals surface area contributed by atoms with Crippen LogP contribution < -0.4 is 15.5 Å². The first-order valence-corrected chi connectivity index (χ1v) is 14.0. The quantitative estimate of drug-likeness (QED) is 0.265. The lowest BCUT2D eigenvalue weighted by molar-refractivity contribution is 0.0948. The summed E-state index contributed by atoms with van der Waals surface area (Å²) >= 11 is 0. The summed E-state index contributed by atoms with van der Waals surface area (Å²) in [7, 11) is 0. The first kappa shape index (κ1) is 26.5. The Morgan fingerprint density at radius 2 is 1.54 bits per heavy atom. The second-order valence-corrected chi connectivity index (χ2v) is 11.0. The lowest BCUT2D eigenvalue weighted by atomic mass is 9.89. The molecule has 200 valence electrons. The molecule has 0 atom stereocenters. The van der Waals surface area contributed by atoms with Crippen LogP contribution in [0.25, 0.3) is 10.8 Å². The lowest BCUT2D eigenvalue weighted by Crippen LogP contribution is -2.36. The molecule has 0 aliphatic carbocycles. The van der Waals surface area contributed by atoms with Crippen LogP contribution in [0.4, 0.5) is 11.4 Å². The smallest absolute Gasteiger partial charge is 0.255 e. The van der Waals surface area contributed by atoms with Gasteiger partial charge in [-0.3, -0.25) is 9.59 Å². The third-order valence-corrected chi connectivity index (χ3v) is 7.50. The van der Waals surface area contributed by atoms with Crippen molar-refractivity contribution in [3.05, 3.63) is 108 Å². The highest BCUT2D eigenvalue weighted by molar-refractivity contribution is 6.08. The van der Waals surface area contributed by atoms with Crippen LogP contribution in [0.3, 0.4) is 0 Å². The molecule has 1 saturated heterocycles. The third-order valence-electron chi connectivity index (χ3n) is 7.50. The molecule has 4 aromatic carbocycles. The Morgan fingerprint density at radius 1 is 0.821 bits per heavy atom. The Bertz CT molecular complexity index is 1440. The van der Waals surface area contributed by atoms with E-state index in [0.29, 0.717) is 35.2 Å². The predicted molar refractivity (Wildman–Crippen MR) is 161 cm³/mol. The van der Waals surface area contributed by atoms with Gasteiger partial charge in [-0.25, -0.2) is 0 Å². The number of fused-ring (bicyclic) bond motifs is 1. The van der Waals surface area contributed by atoms with Crippen molar-refractivity contribution in [2.75, 3.05) is 29.9 Å². The number of rotatable bonds is 8. The van der Waals surface area contributed by atoms with E-state index in [-0.39, 0.29) is 11.8 Å². The number of nitrogens with one attached hydrogen (secondary N) is 2. The van der Waals surface area contributed by atoms with E-state index in [1.807, 2.05) is 60.7 Å².